The van der Waals surface area contributed by atoms with Gasteiger partial charge >= 0.3 is 5.97 Å². The first-order valence-electron chi connectivity index (χ1n) is 7.69. The van der Waals surface area contributed by atoms with Crippen LogP contribution in [0.15, 0.2) is 0 Å². The first-order chi connectivity index (χ1) is 8.46. The van der Waals surface area contributed by atoms with Gasteiger partial charge in [-0.25, -0.2) is 0 Å². The van der Waals surface area contributed by atoms with E-state index in [0.29, 0.717) is 0 Å². The molecule has 0 N–H and O–H groups in total. The van der Waals surface area contributed by atoms with Crippen LogP contribution < -0.4 is 0 Å². The predicted molar refractivity (Wildman–Crippen MR) is 75.5 cm³/mol. The molecule has 0 aromatic heterocycles. The van der Waals surface area contributed by atoms with Crippen molar-refractivity contribution in [2.45, 2.75) is 91.1 Å². The van der Waals surface area contributed by atoms with Gasteiger partial charge in [0, 0.05) is 0 Å². The molecule has 0 amide bonds. The number of hydrogen-bond donors (Lipinski definition) is 0. The molecule has 0 atom stereocenters. The van der Waals surface area contributed by atoms with Crippen molar-refractivity contribution in [2.75, 3.05) is 0 Å². The van der Waals surface area contributed by atoms with Crippen LogP contribution in [-0.2, 0) is 9.53 Å². The maximum atomic E-state index is 12.3. The third kappa shape index (κ3) is 4.00. The molecular weight excluding hydrogens is 224 g/mol. The second-order valence-electron chi connectivity index (χ2n) is 6.47. The Bertz CT molecular complexity index is 262. The van der Waals surface area contributed by atoms with Crippen LogP contribution in [0.25, 0.3) is 0 Å². The Morgan fingerprint density at radius 3 is 2.28 bits per heavy atom. The molecule has 18 heavy (non-hydrogen) atoms. The SMILES string of the molecule is CCCCCC1(OC(=O)C(C)(C)CC)CCCC1. The van der Waals surface area contributed by atoms with E-state index in [2.05, 4.69) is 13.8 Å². The standard InChI is InChI=1S/C16H30O2/c1-5-7-8-11-16(12-9-10-13-16)18-14(17)15(3,4)6-2/h5-13H2,1-4H3. The van der Waals surface area contributed by atoms with Gasteiger partial charge in [0.25, 0.3) is 0 Å². The minimum Gasteiger partial charge on any atom is -0.459 e. The molecule has 1 aliphatic carbocycles. The minimum atomic E-state index is -0.333. The predicted octanol–water partition coefficient (Wildman–Crippen LogP) is 4.86. The van der Waals surface area contributed by atoms with Crippen molar-refractivity contribution in [1.82, 2.24) is 0 Å². The zero-order valence-corrected chi connectivity index (χ0v) is 12.7. The molecule has 0 spiro atoms. The van der Waals surface area contributed by atoms with E-state index < -0.39 is 0 Å². The van der Waals surface area contributed by atoms with Crippen LogP contribution >= 0.6 is 0 Å². The van der Waals surface area contributed by atoms with Crippen molar-refractivity contribution in [2.24, 2.45) is 5.41 Å². The highest BCUT2D eigenvalue weighted by Crippen LogP contribution is 2.39. The largest absolute Gasteiger partial charge is 0.459 e. The van der Waals surface area contributed by atoms with Gasteiger partial charge in [-0.05, 0) is 58.8 Å². The van der Waals surface area contributed by atoms with Crippen LogP contribution in [0, 0.1) is 5.41 Å². The Labute approximate surface area is 112 Å². The summed E-state index contributed by atoms with van der Waals surface area (Å²) in [6.07, 6.45) is 10.1. The molecule has 1 aliphatic rings. The van der Waals surface area contributed by atoms with Crippen LogP contribution in [0.5, 0.6) is 0 Å². The first kappa shape index (κ1) is 15.5. The molecule has 0 saturated heterocycles. The summed E-state index contributed by atoms with van der Waals surface area (Å²) in [6, 6.07) is 0. The van der Waals surface area contributed by atoms with Gasteiger partial charge in [-0.1, -0.05) is 26.7 Å². The quantitative estimate of drug-likeness (QED) is 0.479. The zero-order chi connectivity index (χ0) is 13.6. The maximum Gasteiger partial charge on any atom is 0.312 e. The Morgan fingerprint density at radius 2 is 1.78 bits per heavy atom. The van der Waals surface area contributed by atoms with E-state index in [1.807, 2.05) is 13.8 Å². The van der Waals surface area contributed by atoms with E-state index in [9.17, 15) is 4.79 Å². The highest BCUT2D eigenvalue weighted by Gasteiger charge is 2.40. The van der Waals surface area contributed by atoms with Gasteiger partial charge in [0.05, 0.1) is 5.41 Å². The van der Waals surface area contributed by atoms with Crippen LogP contribution in [0.4, 0.5) is 0 Å². The molecule has 0 aromatic carbocycles. The Hall–Kier alpha value is -0.530. The lowest BCUT2D eigenvalue weighted by molar-refractivity contribution is -0.171. The molecule has 0 unspecified atom stereocenters. The normalized spacial score (nSPS) is 18.9. The van der Waals surface area contributed by atoms with Gasteiger partial charge < -0.3 is 4.74 Å². The highest BCUT2D eigenvalue weighted by molar-refractivity contribution is 5.76. The van der Waals surface area contributed by atoms with E-state index in [0.717, 1.165) is 25.7 Å². The Kier molecular flexibility index (Phi) is 5.68. The minimum absolute atomic E-state index is 0.00315. The van der Waals surface area contributed by atoms with Crippen molar-refractivity contribution in [3.8, 4) is 0 Å². The molecule has 0 heterocycles. The average Bonchev–Trinajstić information content (AvgIpc) is 2.78. The molecule has 0 bridgehead atoms. The summed E-state index contributed by atoms with van der Waals surface area (Å²) in [5, 5.41) is 0. The fourth-order valence-electron chi connectivity index (χ4n) is 2.60. The van der Waals surface area contributed by atoms with Crippen LogP contribution in [-0.4, -0.2) is 11.6 Å². The van der Waals surface area contributed by atoms with Crippen LogP contribution in [0.3, 0.4) is 0 Å². The molecule has 1 fully saturated rings. The maximum absolute atomic E-state index is 12.3. The number of carbonyl (C=O) groups is 1. The lowest BCUT2D eigenvalue weighted by atomic mass is 9.89. The van der Waals surface area contributed by atoms with E-state index in [1.54, 1.807) is 0 Å². The summed E-state index contributed by atoms with van der Waals surface area (Å²) >= 11 is 0. The van der Waals surface area contributed by atoms with Crippen LogP contribution in [0.1, 0.15) is 85.5 Å². The van der Waals surface area contributed by atoms with Gasteiger partial charge in [0.2, 0.25) is 0 Å². The smallest absolute Gasteiger partial charge is 0.312 e. The van der Waals surface area contributed by atoms with Gasteiger partial charge in [-0.3, -0.25) is 4.79 Å². The summed E-state index contributed by atoms with van der Waals surface area (Å²) in [7, 11) is 0. The molecule has 1 saturated carbocycles. The fraction of sp³-hybridized carbons (Fsp3) is 0.938. The Morgan fingerprint density at radius 1 is 1.17 bits per heavy atom. The summed E-state index contributed by atoms with van der Waals surface area (Å²) in [5.41, 5.74) is -0.459. The number of rotatable bonds is 7. The third-order valence-corrected chi connectivity index (χ3v) is 4.50. The second kappa shape index (κ2) is 6.58. The number of hydrogen-bond acceptors (Lipinski definition) is 2. The second-order valence-corrected chi connectivity index (χ2v) is 6.47. The average molecular weight is 254 g/mol. The topological polar surface area (TPSA) is 26.3 Å². The highest BCUT2D eigenvalue weighted by atomic mass is 16.6. The first-order valence-corrected chi connectivity index (χ1v) is 7.69. The van der Waals surface area contributed by atoms with Gasteiger partial charge in [0.15, 0.2) is 0 Å². The van der Waals surface area contributed by atoms with E-state index in [4.69, 9.17) is 4.74 Å². The van der Waals surface area contributed by atoms with Crippen LogP contribution in [0.2, 0.25) is 0 Å². The third-order valence-electron chi connectivity index (χ3n) is 4.50. The number of unbranched alkanes of at least 4 members (excludes halogenated alkanes) is 2. The summed E-state index contributed by atoms with van der Waals surface area (Å²) < 4.78 is 5.96. The van der Waals surface area contributed by atoms with Crippen molar-refractivity contribution in [3.63, 3.8) is 0 Å². The van der Waals surface area contributed by atoms with Gasteiger partial charge in [-0.2, -0.15) is 0 Å². The molecule has 106 valence electrons. The molecule has 2 heteroatoms. The Balaban J connectivity index is 2.59. The molecule has 0 aromatic rings. The fourth-order valence-corrected chi connectivity index (χ4v) is 2.60. The number of esters is 1. The molecule has 2 nitrogen and oxygen atoms in total. The zero-order valence-electron chi connectivity index (χ0n) is 12.7. The van der Waals surface area contributed by atoms with Crippen molar-refractivity contribution >= 4 is 5.97 Å². The molecular formula is C16H30O2. The van der Waals surface area contributed by atoms with E-state index in [1.165, 1.54) is 32.1 Å². The van der Waals surface area contributed by atoms with Crippen molar-refractivity contribution in [3.05, 3.63) is 0 Å². The van der Waals surface area contributed by atoms with Gasteiger partial charge in [-0.15, -0.1) is 0 Å². The molecule has 0 radical (unpaired) electrons. The summed E-state index contributed by atoms with van der Waals surface area (Å²) in [4.78, 5) is 12.3. The summed E-state index contributed by atoms with van der Waals surface area (Å²) in [5.74, 6) is 0.00315. The van der Waals surface area contributed by atoms with Crippen molar-refractivity contribution in [1.29, 1.82) is 0 Å². The molecule has 1 rings (SSSR count). The van der Waals surface area contributed by atoms with Crippen molar-refractivity contribution < 1.29 is 9.53 Å². The number of carbonyl (C=O) groups excluding carboxylic acids is 1. The van der Waals surface area contributed by atoms with Gasteiger partial charge in [0.1, 0.15) is 5.60 Å². The number of ether oxygens (including phenoxy) is 1. The van der Waals surface area contributed by atoms with E-state index >= 15 is 0 Å². The summed E-state index contributed by atoms with van der Waals surface area (Å²) in [6.45, 7) is 8.25. The molecule has 0 aliphatic heterocycles. The lowest BCUT2D eigenvalue weighted by Crippen LogP contribution is -2.37. The van der Waals surface area contributed by atoms with E-state index in [-0.39, 0.29) is 17.0 Å². The monoisotopic (exact) mass is 254 g/mol. The lowest BCUT2D eigenvalue weighted by Gasteiger charge is -2.33.